The number of hydrogen-bond acceptors (Lipinski definition) is 3. The summed E-state index contributed by atoms with van der Waals surface area (Å²) in [4.78, 5) is 18.1. The second kappa shape index (κ2) is 4.58. The minimum absolute atomic E-state index is 0.146. The zero-order valence-corrected chi connectivity index (χ0v) is 11.1. The number of halogens is 1. The van der Waals surface area contributed by atoms with E-state index in [0.717, 1.165) is 12.8 Å². The SMILES string of the molecule is CC(C)(C#N)N(C(=O)c1cc(Cl)ccn1)C1CC1. The van der Waals surface area contributed by atoms with Gasteiger partial charge < -0.3 is 4.90 Å². The van der Waals surface area contributed by atoms with Crippen LogP contribution in [0, 0.1) is 11.3 Å². The average molecular weight is 264 g/mol. The highest BCUT2D eigenvalue weighted by molar-refractivity contribution is 6.30. The molecule has 1 fully saturated rings. The van der Waals surface area contributed by atoms with E-state index in [9.17, 15) is 10.1 Å². The van der Waals surface area contributed by atoms with Gasteiger partial charge in [-0.1, -0.05) is 11.6 Å². The maximum Gasteiger partial charge on any atom is 0.274 e. The first-order valence-corrected chi connectivity index (χ1v) is 6.20. The van der Waals surface area contributed by atoms with E-state index in [1.54, 1.807) is 24.8 Å². The number of nitriles is 1. The maximum absolute atomic E-state index is 12.4. The smallest absolute Gasteiger partial charge is 0.274 e. The van der Waals surface area contributed by atoms with Gasteiger partial charge in [0.15, 0.2) is 0 Å². The van der Waals surface area contributed by atoms with Gasteiger partial charge in [0.05, 0.1) is 6.07 Å². The minimum atomic E-state index is -0.831. The molecule has 1 aromatic rings. The number of nitrogens with zero attached hydrogens (tertiary/aromatic N) is 3. The van der Waals surface area contributed by atoms with Gasteiger partial charge in [-0.15, -0.1) is 0 Å². The summed E-state index contributed by atoms with van der Waals surface area (Å²) in [6.45, 7) is 3.49. The molecule has 0 bridgehead atoms. The van der Waals surface area contributed by atoms with Gasteiger partial charge in [0.2, 0.25) is 0 Å². The van der Waals surface area contributed by atoms with Crippen LogP contribution >= 0.6 is 11.6 Å². The quantitative estimate of drug-likeness (QED) is 0.842. The Labute approximate surface area is 111 Å². The Balaban J connectivity index is 2.33. The fourth-order valence-electron chi connectivity index (χ4n) is 1.91. The van der Waals surface area contributed by atoms with Crippen molar-refractivity contribution in [1.29, 1.82) is 5.26 Å². The van der Waals surface area contributed by atoms with Gasteiger partial charge >= 0.3 is 0 Å². The van der Waals surface area contributed by atoms with Crippen LogP contribution in [-0.4, -0.2) is 27.4 Å². The topological polar surface area (TPSA) is 57.0 Å². The molecule has 5 heteroatoms. The predicted octanol–water partition coefficient (Wildman–Crippen LogP) is 2.64. The summed E-state index contributed by atoms with van der Waals surface area (Å²) < 4.78 is 0. The summed E-state index contributed by atoms with van der Waals surface area (Å²) in [7, 11) is 0. The first-order chi connectivity index (χ1) is 8.45. The molecular weight excluding hydrogens is 250 g/mol. The monoisotopic (exact) mass is 263 g/mol. The second-order valence-corrected chi connectivity index (χ2v) is 5.37. The fraction of sp³-hybridized carbons (Fsp3) is 0.462. The highest BCUT2D eigenvalue weighted by Crippen LogP contribution is 2.34. The van der Waals surface area contributed by atoms with Crippen LogP contribution < -0.4 is 0 Å². The van der Waals surface area contributed by atoms with Gasteiger partial charge in [-0.3, -0.25) is 9.78 Å². The highest BCUT2D eigenvalue weighted by Gasteiger charge is 2.42. The largest absolute Gasteiger partial charge is 0.316 e. The molecule has 94 valence electrons. The van der Waals surface area contributed by atoms with E-state index in [0.29, 0.717) is 5.02 Å². The van der Waals surface area contributed by atoms with E-state index < -0.39 is 5.54 Å². The first-order valence-electron chi connectivity index (χ1n) is 5.82. The molecule has 1 aromatic heterocycles. The molecule has 0 unspecified atom stereocenters. The molecule has 1 saturated carbocycles. The minimum Gasteiger partial charge on any atom is -0.316 e. The summed E-state index contributed by atoms with van der Waals surface area (Å²) in [6, 6.07) is 5.47. The lowest BCUT2D eigenvalue weighted by Crippen LogP contribution is -2.48. The van der Waals surface area contributed by atoms with Crippen LogP contribution in [0.4, 0.5) is 0 Å². The van der Waals surface area contributed by atoms with Crippen molar-refractivity contribution >= 4 is 17.5 Å². The third-order valence-electron chi connectivity index (χ3n) is 2.95. The fourth-order valence-corrected chi connectivity index (χ4v) is 2.07. The van der Waals surface area contributed by atoms with Crippen molar-refractivity contribution in [3.8, 4) is 6.07 Å². The van der Waals surface area contributed by atoms with E-state index in [2.05, 4.69) is 11.1 Å². The Bertz CT molecular complexity index is 517. The van der Waals surface area contributed by atoms with E-state index in [4.69, 9.17) is 11.6 Å². The molecule has 4 nitrogen and oxygen atoms in total. The van der Waals surface area contributed by atoms with Crippen LogP contribution in [0.3, 0.4) is 0 Å². The number of carbonyl (C=O) groups is 1. The molecule has 0 radical (unpaired) electrons. The Morgan fingerprint density at radius 3 is 2.78 bits per heavy atom. The lowest BCUT2D eigenvalue weighted by atomic mass is 10.0. The van der Waals surface area contributed by atoms with Crippen molar-refractivity contribution in [1.82, 2.24) is 9.88 Å². The molecule has 1 aliphatic carbocycles. The summed E-state index contributed by atoms with van der Waals surface area (Å²) >= 11 is 5.86. The normalized spacial score (nSPS) is 15.0. The third kappa shape index (κ3) is 2.46. The van der Waals surface area contributed by atoms with Gasteiger partial charge in [-0.2, -0.15) is 5.26 Å². The molecular formula is C13H14ClN3O. The molecule has 0 aromatic carbocycles. The van der Waals surface area contributed by atoms with Crippen molar-refractivity contribution < 1.29 is 4.79 Å². The summed E-state index contributed by atoms with van der Waals surface area (Å²) in [6.07, 6.45) is 3.38. The van der Waals surface area contributed by atoms with Gasteiger partial charge in [-0.25, -0.2) is 0 Å². The molecule has 18 heavy (non-hydrogen) atoms. The Kier molecular flexibility index (Phi) is 3.27. The van der Waals surface area contributed by atoms with Crippen molar-refractivity contribution in [3.63, 3.8) is 0 Å². The molecule has 1 heterocycles. The van der Waals surface area contributed by atoms with E-state index in [1.807, 2.05) is 0 Å². The molecule has 0 aliphatic heterocycles. The van der Waals surface area contributed by atoms with Crippen LogP contribution in [0.1, 0.15) is 37.2 Å². The molecule has 2 rings (SSSR count). The highest BCUT2D eigenvalue weighted by atomic mass is 35.5. The van der Waals surface area contributed by atoms with E-state index >= 15 is 0 Å². The third-order valence-corrected chi connectivity index (χ3v) is 3.18. The standard InChI is InChI=1S/C13H14ClN3O/c1-13(2,8-15)17(10-3-4-10)12(18)11-7-9(14)5-6-16-11/h5-7,10H,3-4H2,1-2H3. The Morgan fingerprint density at radius 2 is 2.28 bits per heavy atom. The molecule has 0 spiro atoms. The predicted molar refractivity (Wildman–Crippen MR) is 68.1 cm³/mol. The number of hydrogen-bond donors (Lipinski definition) is 0. The number of pyridine rings is 1. The maximum atomic E-state index is 12.4. The molecule has 1 aliphatic rings. The number of amides is 1. The van der Waals surface area contributed by atoms with Gasteiger partial charge in [0.1, 0.15) is 11.2 Å². The van der Waals surface area contributed by atoms with Crippen molar-refractivity contribution in [2.45, 2.75) is 38.3 Å². The molecule has 0 atom stereocenters. The molecule has 0 N–H and O–H groups in total. The van der Waals surface area contributed by atoms with Crippen LogP contribution in [0.5, 0.6) is 0 Å². The Hall–Kier alpha value is -1.60. The van der Waals surface area contributed by atoms with Gasteiger partial charge in [-0.05, 0) is 38.8 Å². The summed E-state index contributed by atoms with van der Waals surface area (Å²) in [5.41, 5.74) is -0.542. The van der Waals surface area contributed by atoms with E-state index in [-0.39, 0.29) is 17.6 Å². The Morgan fingerprint density at radius 1 is 1.61 bits per heavy atom. The van der Waals surface area contributed by atoms with Crippen LogP contribution in [-0.2, 0) is 0 Å². The zero-order chi connectivity index (χ0) is 13.3. The van der Waals surface area contributed by atoms with Crippen molar-refractivity contribution in [3.05, 3.63) is 29.0 Å². The van der Waals surface area contributed by atoms with Gasteiger partial charge in [0.25, 0.3) is 5.91 Å². The summed E-state index contributed by atoms with van der Waals surface area (Å²) in [5.74, 6) is -0.230. The lowest BCUT2D eigenvalue weighted by molar-refractivity contribution is 0.0609. The van der Waals surface area contributed by atoms with Crippen LogP contribution in [0.15, 0.2) is 18.3 Å². The lowest BCUT2D eigenvalue weighted by Gasteiger charge is -2.33. The first kappa shape index (κ1) is 12.8. The average Bonchev–Trinajstić information content (AvgIpc) is 3.13. The summed E-state index contributed by atoms with van der Waals surface area (Å²) in [5, 5.41) is 9.67. The van der Waals surface area contributed by atoms with Crippen molar-refractivity contribution in [2.24, 2.45) is 0 Å². The molecule has 0 saturated heterocycles. The number of aromatic nitrogens is 1. The van der Waals surface area contributed by atoms with Gasteiger partial charge in [0, 0.05) is 17.3 Å². The second-order valence-electron chi connectivity index (χ2n) is 4.94. The molecule has 1 amide bonds. The van der Waals surface area contributed by atoms with Crippen molar-refractivity contribution in [2.75, 3.05) is 0 Å². The van der Waals surface area contributed by atoms with E-state index in [1.165, 1.54) is 12.3 Å². The van der Waals surface area contributed by atoms with Crippen LogP contribution in [0.2, 0.25) is 5.02 Å². The number of carbonyl (C=O) groups excluding carboxylic acids is 1. The van der Waals surface area contributed by atoms with Crippen LogP contribution in [0.25, 0.3) is 0 Å². The zero-order valence-electron chi connectivity index (χ0n) is 10.4. The number of rotatable bonds is 3.